The van der Waals surface area contributed by atoms with Gasteiger partial charge in [0, 0.05) is 22.7 Å². The minimum absolute atomic E-state index is 0.158. The van der Waals surface area contributed by atoms with E-state index in [2.05, 4.69) is 4.98 Å². The molecule has 0 aliphatic carbocycles. The Morgan fingerprint density at radius 2 is 2.11 bits per heavy atom. The first-order chi connectivity index (χ1) is 8.41. The zero-order chi connectivity index (χ0) is 13.3. The molecule has 0 saturated heterocycles. The number of hydrogen-bond donors (Lipinski definition) is 1. The molecule has 2 rings (SSSR count). The van der Waals surface area contributed by atoms with Crippen molar-refractivity contribution in [1.82, 2.24) is 4.98 Å². The molecule has 0 unspecified atom stereocenters. The Morgan fingerprint density at radius 3 is 2.56 bits per heavy atom. The number of methoxy groups -OCH3 is 1. The van der Waals surface area contributed by atoms with Crippen LogP contribution in [0.5, 0.6) is 5.88 Å². The molecule has 2 N–H and O–H groups in total. The lowest BCUT2D eigenvalue weighted by atomic mass is 10.2. The first-order valence-electron chi connectivity index (χ1n) is 5.05. The molecule has 0 bridgehead atoms. The van der Waals surface area contributed by atoms with E-state index in [1.165, 1.54) is 7.11 Å². The van der Waals surface area contributed by atoms with Crippen molar-refractivity contribution >= 4 is 21.4 Å². The van der Waals surface area contributed by atoms with Gasteiger partial charge in [0.15, 0.2) is 0 Å². The number of ether oxygens (including phenoxy) is 1. The zero-order valence-corrected chi connectivity index (χ0v) is 11.5. The van der Waals surface area contributed by atoms with Gasteiger partial charge in [-0.05, 0) is 24.6 Å². The molecule has 5 nitrogen and oxygen atoms in total. The summed E-state index contributed by atoms with van der Waals surface area (Å²) in [6, 6.07) is 5.13. The third-order valence-corrected chi connectivity index (χ3v) is 5.09. The van der Waals surface area contributed by atoms with Crippen molar-refractivity contribution in [2.24, 2.45) is 5.14 Å². The van der Waals surface area contributed by atoms with Crippen molar-refractivity contribution in [3.63, 3.8) is 0 Å². The van der Waals surface area contributed by atoms with E-state index in [0.29, 0.717) is 5.88 Å². The number of rotatable bonds is 3. The molecule has 0 aliphatic rings. The lowest BCUT2D eigenvalue weighted by Gasteiger charge is -2.01. The minimum Gasteiger partial charge on any atom is -0.481 e. The third kappa shape index (κ3) is 2.53. The van der Waals surface area contributed by atoms with Crippen molar-refractivity contribution in [2.75, 3.05) is 7.11 Å². The first-order valence-corrected chi connectivity index (χ1v) is 7.42. The number of sulfonamides is 1. The van der Waals surface area contributed by atoms with Gasteiger partial charge in [-0.15, -0.1) is 11.3 Å². The van der Waals surface area contributed by atoms with E-state index in [1.54, 1.807) is 18.3 Å². The van der Waals surface area contributed by atoms with Crippen LogP contribution in [0.2, 0.25) is 0 Å². The Morgan fingerprint density at radius 1 is 1.39 bits per heavy atom. The molecule has 0 atom stereocenters. The smallest absolute Gasteiger partial charge is 0.247 e. The Kier molecular flexibility index (Phi) is 3.38. The van der Waals surface area contributed by atoms with E-state index < -0.39 is 10.0 Å². The summed E-state index contributed by atoms with van der Waals surface area (Å²) in [6.45, 7) is 1.84. The highest BCUT2D eigenvalue weighted by molar-refractivity contribution is 7.91. The standard InChI is InChI=1S/C11H12N2O3S2/c1-7-5-10(18(12,14)15)17-11(7)8-3-4-9(16-2)13-6-8/h3-6H,1-2H3,(H2,12,14,15). The molecule has 7 heteroatoms. The number of hydrogen-bond acceptors (Lipinski definition) is 5. The number of aryl methyl sites for hydroxylation is 1. The van der Waals surface area contributed by atoms with Gasteiger partial charge in [-0.25, -0.2) is 18.5 Å². The first kappa shape index (κ1) is 13.0. The fraction of sp³-hybridized carbons (Fsp3) is 0.182. The SMILES string of the molecule is COc1ccc(-c2sc(S(N)(=O)=O)cc2C)cn1. The van der Waals surface area contributed by atoms with Crippen LogP contribution in [0.25, 0.3) is 10.4 Å². The van der Waals surface area contributed by atoms with Crippen LogP contribution >= 0.6 is 11.3 Å². The van der Waals surface area contributed by atoms with Gasteiger partial charge in [0.1, 0.15) is 4.21 Å². The maximum Gasteiger partial charge on any atom is 0.247 e. The molecule has 2 aromatic heterocycles. The lowest BCUT2D eigenvalue weighted by Crippen LogP contribution is -2.09. The van der Waals surface area contributed by atoms with Gasteiger partial charge in [0.05, 0.1) is 7.11 Å². The molecule has 2 heterocycles. The van der Waals surface area contributed by atoms with Crippen LogP contribution in [-0.4, -0.2) is 20.5 Å². The van der Waals surface area contributed by atoms with Gasteiger partial charge in [-0.2, -0.15) is 0 Å². The fourth-order valence-corrected chi connectivity index (χ4v) is 3.47. The average molecular weight is 284 g/mol. The molecular formula is C11H12N2O3S2. The Labute approximate surface area is 109 Å². The van der Waals surface area contributed by atoms with Crippen LogP contribution in [0, 0.1) is 6.92 Å². The molecule has 0 saturated carbocycles. The maximum atomic E-state index is 11.3. The molecule has 0 spiro atoms. The molecule has 0 aromatic carbocycles. The van der Waals surface area contributed by atoms with Crippen molar-refractivity contribution < 1.29 is 13.2 Å². The van der Waals surface area contributed by atoms with Crippen LogP contribution < -0.4 is 9.88 Å². The van der Waals surface area contributed by atoms with E-state index >= 15 is 0 Å². The molecule has 2 aromatic rings. The Bertz CT molecular complexity index is 660. The summed E-state index contributed by atoms with van der Waals surface area (Å²) < 4.78 is 27.7. The van der Waals surface area contributed by atoms with Gasteiger partial charge in [-0.1, -0.05) is 0 Å². The van der Waals surface area contributed by atoms with Crippen LogP contribution in [0.3, 0.4) is 0 Å². The van der Waals surface area contributed by atoms with Crippen molar-refractivity contribution in [3.05, 3.63) is 30.0 Å². The zero-order valence-electron chi connectivity index (χ0n) is 9.88. The molecule has 0 radical (unpaired) electrons. The van der Waals surface area contributed by atoms with Gasteiger partial charge in [0.25, 0.3) is 0 Å². The van der Waals surface area contributed by atoms with E-state index in [-0.39, 0.29) is 4.21 Å². The van der Waals surface area contributed by atoms with Crippen molar-refractivity contribution in [2.45, 2.75) is 11.1 Å². The van der Waals surface area contributed by atoms with Crippen molar-refractivity contribution in [3.8, 4) is 16.3 Å². The predicted molar refractivity (Wildman–Crippen MR) is 70.2 cm³/mol. The average Bonchev–Trinajstić information content (AvgIpc) is 2.71. The number of pyridine rings is 1. The highest BCUT2D eigenvalue weighted by Crippen LogP contribution is 2.34. The van der Waals surface area contributed by atoms with Crippen LogP contribution in [-0.2, 0) is 10.0 Å². The second-order valence-corrected chi connectivity index (χ2v) is 6.55. The van der Waals surface area contributed by atoms with Crippen molar-refractivity contribution in [1.29, 1.82) is 0 Å². The topological polar surface area (TPSA) is 82.3 Å². The van der Waals surface area contributed by atoms with E-state index in [1.807, 2.05) is 13.0 Å². The van der Waals surface area contributed by atoms with E-state index in [9.17, 15) is 8.42 Å². The van der Waals surface area contributed by atoms with Crippen LogP contribution in [0.4, 0.5) is 0 Å². The summed E-state index contributed by atoms with van der Waals surface area (Å²) in [5.74, 6) is 0.514. The largest absolute Gasteiger partial charge is 0.481 e. The molecular weight excluding hydrogens is 272 g/mol. The van der Waals surface area contributed by atoms with E-state index in [0.717, 1.165) is 27.3 Å². The maximum absolute atomic E-state index is 11.3. The van der Waals surface area contributed by atoms with Crippen LogP contribution in [0.15, 0.2) is 28.6 Å². The summed E-state index contributed by atoms with van der Waals surface area (Å²) in [5.41, 5.74) is 1.70. The molecule has 0 amide bonds. The Hall–Kier alpha value is -1.44. The molecule has 96 valence electrons. The highest BCUT2D eigenvalue weighted by atomic mass is 32.2. The van der Waals surface area contributed by atoms with Gasteiger partial charge in [-0.3, -0.25) is 0 Å². The summed E-state index contributed by atoms with van der Waals surface area (Å²) in [7, 11) is -2.11. The highest BCUT2D eigenvalue weighted by Gasteiger charge is 2.15. The summed E-state index contributed by atoms with van der Waals surface area (Å²) >= 11 is 1.14. The number of aromatic nitrogens is 1. The van der Waals surface area contributed by atoms with Crippen LogP contribution in [0.1, 0.15) is 5.56 Å². The van der Waals surface area contributed by atoms with Gasteiger partial charge >= 0.3 is 0 Å². The fourth-order valence-electron chi connectivity index (χ4n) is 1.52. The molecule has 18 heavy (non-hydrogen) atoms. The normalized spacial score (nSPS) is 11.5. The van der Waals surface area contributed by atoms with E-state index in [4.69, 9.17) is 9.88 Å². The second-order valence-electron chi connectivity index (χ2n) is 3.71. The Balaban J connectivity index is 2.47. The van der Waals surface area contributed by atoms with Gasteiger partial charge < -0.3 is 4.74 Å². The van der Waals surface area contributed by atoms with Gasteiger partial charge in [0.2, 0.25) is 15.9 Å². The monoisotopic (exact) mass is 284 g/mol. The number of nitrogens with two attached hydrogens (primary N) is 1. The summed E-state index contributed by atoms with van der Waals surface area (Å²) in [5, 5.41) is 5.11. The summed E-state index contributed by atoms with van der Waals surface area (Å²) in [6.07, 6.45) is 1.64. The molecule has 0 aliphatic heterocycles. The predicted octanol–water partition coefficient (Wildman–Crippen LogP) is 1.77. The number of thiophene rings is 1. The number of primary sulfonamides is 1. The quantitative estimate of drug-likeness (QED) is 0.931. The molecule has 0 fully saturated rings. The number of nitrogens with zero attached hydrogens (tertiary/aromatic N) is 1. The minimum atomic E-state index is -3.65. The third-order valence-electron chi connectivity index (χ3n) is 2.38. The summed E-state index contributed by atoms with van der Waals surface area (Å²) in [4.78, 5) is 4.93. The lowest BCUT2D eigenvalue weighted by molar-refractivity contribution is 0.398. The second kappa shape index (κ2) is 4.68.